The number of allylic oxidation sites excluding steroid dienone is 1. The molecule has 1 heterocycles. The summed E-state index contributed by atoms with van der Waals surface area (Å²) in [5, 5.41) is 12.5. The lowest BCUT2D eigenvalue weighted by molar-refractivity contribution is -0.132. The van der Waals surface area contributed by atoms with E-state index >= 15 is 0 Å². The van der Waals surface area contributed by atoms with E-state index in [-0.39, 0.29) is 12.3 Å². The Hall–Kier alpha value is -3.59. The van der Waals surface area contributed by atoms with Crippen molar-refractivity contribution in [3.05, 3.63) is 71.3 Å². The Bertz CT molecular complexity index is 1140. The second kappa shape index (κ2) is 11.9. The fraction of sp³-hybridized carbons (Fsp3) is 0.250. The number of hydrogen-bond donors (Lipinski definition) is 0. The van der Waals surface area contributed by atoms with E-state index in [1.807, 2.05) is 50.2 Å². The molecule has 0 radical (unpaired) electrons. The van der Waals surface area contributed by atoms with E-state index in [0.717, 1.165) is 16.9 Å². The van der Waals surface area contributed by atoms with Gasteiger partial charge in [0.05, 0.1) is 7.11 Å². The first-order valence-electron chi connectivity index (χ1n) is 10.1. The fourth-order valence-corrected chi connectivity index (χ4v) is 3.58. The highest BCUT2D eigenvalue weighted by atomic mass is 32.2. The average molecular weight is 468 g/mol. The molecule has 0 aliphatic carbocycles. The van der Waals surface area contributed by atoms with Crippen LogP contribution in [0.2, 0.25) is 0 Å². The van der Waals surface area contributed by atoms with Crippen molar-refractivity contribution in [3.63, 3.8) is 0 Å². The molecule has 0 saturated heterocycles. The van der Waals surface area contributed by atoms with Gasteiger partial charge in [0.2, 0.25) is 5.89 Å². The van der Waals surface area contributed by atoms with Gasteiger partial charge in [-0.15, -0.1) is 10.2 Å². The molecular formula is C24H25N3O5S. The van der Waals surface area contributed by atoms with Gasteiger partial charge in [-0.1, -0.05) is 52.8 Å². The van der Waals surface area contributed by atoms with Crippen molar-refractivity contribution in [3.8, 4) is 17.2 Å². The van der Waals surface area contributed by atoms with Gasteiger partial charge in [-0.25, -0.2) is 4.79 Å². The molecule has 0 aliphatic rings. The number of aromatic nitrogens is 2. The van der Waals surface area contributed by atoms with E-state index in [0.29, 0.717) is 22.4 Å². The number of rotatable bonds is 10. The third kappa shape index (κ3) is 6.69. The lowest BCUT2D eigenvalue weighted by atomic mass is 10.0. The van der Waals surface area contributed by atoms with Crippen LogP contribution in [0.25, 0.3) is 11.5 Å². The molecule has 8 nitrogen and oxygen atoms in total. The molecule has 9 heteroatoms. The molecule has 172 valence electrons. The summed E-state index contributed by atoms with van der Waals surface area (Å²) in [7, 11) is 2.67. The zero-order valence-electron chi connectivity index (χ0n) is 18.9. The molecule has 0 saturated carbocycles. The smallest absolute Gasteiger partial charge is 0.360 e. The summed E-state index contributed by atoms with van der Waals surface area (Å²) in [6.07, 6.45) is 2.11. The summed E-state index contributed by atoms with van der Waals surface area (Å²) in [6.45, 7) is 4.32. The Morgan fingerprint density at radius 3 is 2.55 bits per heavy atom. The molecule has 0 spiro atoms. The summed E-state index contributed by atoms with van der Waals surface area (Å²) in [5.41, 5.74) is 3.45. The van der Waals surface area contributed by atoms with E-state index in [1.54, 1.807) is 12.1 Å². The van der Waals surface area contributed by atoms with Crippen LogP contribution in [-0.4, -0.2) is 41.9 Å². The average Bonchev–Trinajstić information content (AvgIpc) is 3.30. The minimum Gasteiger partial charge on any atom is -0.489 e. The lowest BCUT2D eigenvalue weighted by Gasteiger charge is -2.12. The molecule has 0 amide bonds. The summed E-state index contributed by atoms with van der Waals surface area (Å²) >= 11 is 1.49. The quantitative estimate of drug-likeness (QED) is 0.137. The van der Waals surface area contributed by atoms with Crippen LogP contribution in [0.5, 0.6) is 5.75 Å². The summed E-state index contributed by atoms with van der Waals surface area (Å²) in [6, 6.07) is 14.6. The van der Waals surface area contributed by atoms with Crippen molar-refractivity contribution in [2.75, 3.05) is 20.0 Å². The predicted octanol–water partition coefficient (Wildman–Crippen LogP) is 4.90. The number of benzene rings is 2. The van der Waals surface area contributed by atoms with Crippen molar-refractivity contribution in [2.24, 2.45) is 5.16 Å². The van der Waals surface area contributed by atoms with E-state index in [4.69, 9.17) is 18.7 Å². The number of methoxy groups -OCH3 is 1. The molecule has 0 fully saturated rings. The Balaban J connectivity index is 1.67. The largest absolute Gasteiger partial charge is 0.489 e. The summed E-state index contributed by atoms with van der Waals surface area (Å²) < 4.78 is 16.5. The van der Waals surface area contributed by atoms with Gasteiger partial charge in [0.15, 0.2) is 5.71 Å². The van der Waals surface area contributed by atoms with Gasteiger partial charge in [-0.2, -0.15) is 0 Å². The topological polar surface area (TPSA) is 96.0 Å². The zero-order valence-corrected chi connectivity index (χ0v) is 19.7. The van der Waals surface area contributed by atoms with Gasteiger partial charge in [0, 0.05) is 16.9 Å². The number of thioether (sulfide) groups is 1. The number of ether oxygens (including phenoxy) is 2. The van der Waals surface area contributed by atoms with Crippen molar-refractivity contribution in [1.29, 1.82) is 0 Å². The second-order valence-corrected chi connectivity index (χ2v) is 8.02. The molecule has 0 unspecified atom stereocenters. The predicted molar refractivity (Wildman–Crippen MR) is 126 cm³/mol. The molecule has 3 aromatic rings. The van der Waals surface area contributed by atoms with Gasteiger partial charge in [0.1, 0.15) is 19.5 Å². The molecule has 3 rings (SSSR count). The number of carbonyl (C=O) groups is 1. The molecule has 1 aromatic heterocycles. The fourth-order valence-electron chi connectivity index (χ4n) is 2.78. The lowest BCUT2D eigenvalue weighted by Crippen LogP contribution is -2.19. The van der Waals surface area contributed by atoms with Crippen LogP contribution in [0, 0.1) is 0 Å². The number of carbonyl (C=O) groups excluding carboxylic acids is 1. The number of hydrogen-bond acceptors (Lipinski definition) is 9. The van der Waals surface area contributed by atoms with Crippen molar-refractivity contribution >= 4 is 23.4 Å². The standard InChI is InChI=1S/C24H25N3O5S/c1-16(2)13-14-33-24-26-25-22(32-24)17-9-11-19(12-10-17)31-15-18-7-5-6-8-20(18)21(27-30-4)23(28)29-3/h5-13H,14-15H2,1-4H3/b27-21-. The molecular weight excluding hydrogens is 442 g/mol. The molecule has 0 N–H and O–H groups in total. The summed E-state index contributed by atoms with van der Waals surface area (Å²) in [5.74, 6) is 1.29. The first-order valence-corrected chi connectivity index (χ1v) is 11.1. The number of esters is 1. The molecule has 0 aliphatic heterocycles. The maximum Gasteiger partial charge on any atom is 0.360 e. The monoisotopic (exact) mass is 467 g/mol. The third-order valence-corrected chi connectivity index (χ3v) is 5.18. The van der Waals surface area contributed by atoms with Gasteiger partial charge in [-0.3, -0.25) is 0 Å². The van der Waals surface area contributed by atoms with Crippen molar-refractivity contribution in [1.82, 2.24) is 10.2 Å². The Morgan fingerprint density at radius 2 is 1.85 bits per heavy atom. The van der Waals surface area contributed by atoms with E-state index in [1.165, 1.54) is 31.6 Å². The number of nitrogens with zero attached hydrogens (tertiary/aromatic N) is 3. The Labute approximate surface area is 196 Å². The SMILES string of the molecule is CO/N=C(\C(=O)OC)c1ccccc1COc1ccc(-c2nnc(SCC=C(C)C)o2)cc1. The van der Waals surface area contributed by atoms with Crippen LogP contribution in [0.15, 0.2) is 75.0 Å². The van der Waals surface area contributed by atoms with Crippen LogP contribution < -0.4 is 4.74 Å². The first kappa shape index (κ1) is 24.1. The second-order valence-electron chi connectivity index (χ2n) is 7.05. The van der Waals surface area contributed by atoms with Gasteiger partial charge < -0.3 is 18.7 Å². The molecule has 2 aromatic carbocycles. The van der Waals surface area contributed by atoms with Crippen LogP contribution in [0.4, 0.5) is 0 Å². The van der Waals surface area contributed by atoms with E-state index in [9.17, 15) is 4.79 Å². The Kier molecular flexibility index (Phi) is 8.65. The minimum atomic E-state index is -0.591. The maximum atomic E-state index is 12.1. The molecule has 0 bridgehead atoms. The van der Waals surface area contributed by atoms with Crippen LogP contribution in [-0.2, 0) is 21.0 Å². The summed E-state index contributed by atoms with van der Waals surface area (Å²) in [4.78, 5) is 16.9. The van der Waals surface area contributed by atoms with Crippen molar-refractivity contribution in [2.45, 2.75) is 25.7 Å². The Morgan fingerprint density at radius 1 is 1.09 bits per heavy atom. The number of oxime groups is 1. The van der Waals surface area contributed by atoms with E-state index < -0.39 is 5.97 Å². The highest BCUT2D eigenvalue weighted by Crippen LogP contribution is 2.25. The van der Waals surface area contributed by atoms with Gasteiger partial charge in [-0.05, 0) is 43.7 Å². The third-order valence-electron chi connectivity index (χ3n) is 4.43. The van der Waals surface area contributed by atoms with Crippen molar-refractivity contribution < 1.29 is 23.5 Å². The van der Waals surface area contributed by atoms with Crippen LogP contribution in [0.3, 0.4) is 0 Å². The maximum absolute atomic E-state index is 12.1. The van der Waals surface area contributed by atoms with Crippen LogP contribution in [0.1, 0.15) is 25.0 Å². The van der Waals surface area contributed by atoms with E-state index in [2.05, 4.69) is 21.4 Å². The van der Waals surface area contributed by atoms with Gasteiger partial charge >= 0.3 is 5.97 Å². The molecule has 33 heavy (non-hydrogen) atoms. The normalized spacial score (nSPS) is 11.1. The minimum absolute atomic E-state index is 0.0733. The highest BCUT2D eigenvalue weighted by molar-refractivity contribution is 7.99. The molecule has 0 atom stereocenters. The zero-order chi connectivity index (χ0) is 23.6. The highest BCUT2D eigenvalue weighted by Gasteiger charge is 2.19. The first-order chi connectivity index (χ1) is 16.0. The van der Waals surface area contributed by atoms with Crippen LogP contribution >= 0.6 is 11.8 Å². The van der Waals surface area contributed by atoms with Gasteiger partial charge in [0.25, 0.3) is 5.22 Å².